The summed E-state index contributed by atoms with van der Waals surface area (Å²) in [5.74, 6) is -0.236. The molecule has 2 N–H and O–H groups in total. The molecule has 2 aromatic carbocycles. The summed E-state index contributed by atoms with van der Waals surface area (Å²) >= 11 is 0. The predicted octanol–water partition coefficient (Wildman–Crippen LogP) is 2.53. The summed E-state index contributed by atoms with van der Waals surface area (Å²) in [6.45, 7) is 5.89. The number of hydrogen-bond acceptors (Lipinski definition) is 3. The van der Waals surface area contributed by atoms with E-state index in [1.165, 1.54) is 6.07 Å². The van der Waals surface area contributed by atoms with E-state index < -0.39 is 10.0 Å². The Morgan fingerprint density at radius 3 is 2.25 bits per heavy atom. The first-order valence-electron chi connectivity index (χ1n) is 7.55. The average Bonchev–Trinajstić information content (AvgIpc) is 2.47. The zero-order chi connectivity index (χ0) is 18.1. The van der Waals surface area contributed by atoms with Crippen LogP contribution in [-0.2, 0) is 16.6 Å². The van der Waals surface area contributed by atoms with Gasteiger partial charge in [0.25, 0.3) is 5.91 Å². The zero-order valence-electron chi connectivity index (χ0n) is 14.3. The quantitative estimate of drug-likeness (QED) is 0.924. The SMILES string of the molecule is Cc1ccccc1CN(C)C(=O)c1cc(S(N)(=O)=O)c(C)cc1C. The summed E-state index contributed by atoms with van der Waals surface area (Å²) in [7, 11) is -2.17. The molecule has 0 aliphatic heterocycles. The van der Waals surface area contributed by atoms with Gasteiger partial charge in [-0.05, 0) is 49.1 Å². The second kappa shape index (κ2) is 6.75. The van der Waals surface area contributed by atoms with Crippen LogP contribution in [0, 0.1) is 20.8 Å². The van der Waals surface area contributed by atoms with Crippen LogP contribution in [0.2, 0.25) is 0 Å². The third kappa shape index (κ3) is 3.83. The molecule has 0 heterocycles. The lowest BCUT2D eigenvalue weighted by molar-refractivity contribution is 0.0784. The minimum Gasteiger partial charge on any atom is -0.337 e. The molecule has 5 nitrogen and oxygen atoms in total. The highest BCUT2D eigenvalue weighted by molar-refractivity contribution is 7.89. The highest BCUT2D eigenvalue weighted by Crippen LogP contribution is 2.21. The van der Waals surface area contributed by atoms with Crippen LogP contribution in [0.1, 0.15) is 32.6 Å². The Labute approximate surface area is 143 Å². The maximum Gasteiger partial charge on any atom is 0.254 e. The van der Waals surface area contributed by atoms with Crippen LogP contribution in [0.15, 0.2) is 41.3 Å². The van der Waals surface area contributed by atoms with Crippen molar-refractivity contribution in [3.8, 4) is 0 Å². The van der Waals surface area contributed by atoms with Crippen molar-refractivity contribution in [2.75, 3.05) is 7.05 Å². The first-order valence-corrected chi connectivity index (χ1v) is 9.10. The van der Waals surface area contributed by atoms with E-state index in [2.05, 4.69) is 0 Å². The smallest absolute Gasteiger partial charge is 0.254 e. The minimum atomic E-state index is -3.87. The molecule has 1 amide bonds. The molecule has 0 aliphatic rings. The Bertz CT molecular complexity index is 889. The van der Waals surface area contributed by atoms with Gasteiger partial charge in [-0.3, -0.25) is 4.79 Å². The molecule has 0 atom stereocenters. The van der Waals surface area contributed by atoms with E-state index in [-0.39, 0.29) is 10.8 Å². The second-order valence-corrected chi connectivity index (χ2v) is 7.60. The monoisotopic (exact) mass is 346 g/mol. The number of nitrogens with two attached hydrogens (primary N) is 1. The van der Waals surface area contributed by atoms with E-state index in [0.29, 0.717) is 17.7 Å². The first kappa shape index (κ1) is 18.2. The van der Waals surface area contributed by atoms with Crippen LogP contribution in [0.3, 0.4) is 0 Å². The van der Waals surface area contributed by atoms with Crippen molar-refractivity contribution < 1.29 is 13.2 Å². The van der Waals surface area contributed by atoms with Gasteiger partial charge in [-0.1, -0.05) is 30.3 Å². The number of rotatable bonds is 4. The Morgan fingerprint density at radius 2 is 1.67 bits per heavy atom. The average molecular weight is 346 g/mol. The van der Waals surface area contributed by atoms with E-state index in [1.807, 2.05) is 31.2 Å². The summed E-state index contributed by atoms with van der Waals surface area (Å²) in [6.07, 6.45) is 0. The summed E-state index contributed by atoms with van der Waals surface area (Å²) in [4.78, 5) is 14.3. The number of hydrogen-bond donors (Lipinski definition) is 1. The van der Waals surface area contributed by atoms with Gasteiger partial charge in [0, 0.05) is 19.2 Å². The van der Waals surface area contributed by atoms with Crippen LogP contribution in [0.25, 0.3) is 0 Å². The number of benzene rings is 2. The normalized spacial score (nSPS) is 11.4. The number of carbonyl (C=O) groups is 1. The highest BCUT2D eigenvalue weighted by Gasteiger charge is 2.20. The van der Waals surface area contributed by atoms with Crippen LogP contribution in [0.4, 0.5) is 0 Å². The van der Waals surface area contributed by atoms with Gasteiger partial charge in [-0.15, -0.1) is 0 Å². The molecular weight excluding hydrogens is 324 g/mol. The third-order valence-electron chi connectivity index (χ3n) is 4.07. The molecule has 0 saturated carbocycles. The third-order valence-corrected chi connectivity index (χ3v) is 5.13. The van der Waals surface area contributed by atoms with E-state index >= 15 is 0 Å². The van der Waals surface area contributed by atoms with Gasteiger partial charge in [0.05, 0.1) is 4.90 Å². The molecule has 0 spiro atoms. The van der Waals surface area contributed by atoms with Gasteiger partial charge >= 0.3 is 0 Å². The van der Waals surface area contributed by atoms with Crippen LogP contribution in [0.5, 0.6) is 0 Å². The number of carbonyl (C=O) groups excluding carboxylic acids is 1. The van der Waals surface area contributed by atoms with E-state index in [4.69, 9.17) is 5.14 Å². The molecule has 24 heavy (non-hydrogen) atoms. The lowest BCUT2D eigenvalue weighted by Crippen LogP contribution is -2.28. The largest absolute Gasteiger partial charge is 0.337 e. The maximum absolute atomic E-state index is 12.8. The number of sulfonamides is 1. The van der Waals surface area contributed by atoms with Gasteiger partial charge in [-0.2, -0.15) is 0 Å². The van der Waals surface area contributed by atoms with Gasteiger partial charge < -0.3 is 4.90 Å². The van der Waals surface area contributed by atoms with Crippen molar-refractivity contribution in [3.05, 3.63) is 64.2 Å². The Hall–Kier alpha value is -2.18. The van der Waals surface area contributed by atoms with Crippen LogP contribution < -0.4 is 5.14 Å². The van der Waals surface area contributed by atoms with Crippen LogP contribution in [-0.4, -0.2) is 26.3 Å². The summed E-state index contributed by atoms with van der Waals surface area (Å²) in [6, 6.07) is 10.9. The first-order chi connectivity index (χ1) is 11.1. The zero-order valence-corrected chi connectivity index (χ0v) is 15.1. The highest BCUT2D eigenvalue weighted by atomic mass is 32.2. The maximum atomic E-state index is 12.8. The summed E-state index contributed by atoms with van der Waals surface area (Å²) in [5, 5.41) is 5.24. The van der Waals surface area contributed by atoms with Crippen LogP contribution >= 0.6 is 0 Å². The number of nitrogens with zero attached hydrogens (tertiary/aromatic N) is 1. The van der Waals surface area contributed by atoms with Gasteiger partial charge in [0.15, 0.2) is 0 Å². The fourth-order valence-electron chi connectivity index (χ4n) is 2.69. The molecule has 128 valence electrons. The molecule has 0 aliphatic carbocycles. The lowest BCUT2D eigenvalue weighted by atomic mass is 10.0. The predicted molar refractivity (Wildman–Crippen MR) is 94.3 cm³/mol. The second-order valence-electron chi connectivity index (χ2n) is 6.07. The molecule has 2 rings (SSSR count). The Balaban J connectivity index is 2.37. The molecule has 0 aromatic heterocycles. The van der Waals surface area contributed by atoms with Crippen molar-refractivity contribution in [1.82, 2.24) is 4.90 Å². The fourth-order valence-corrected chi connectivity index (χ4v) is 3.48. The molecule has 0 bridgehead atoms. The van der Waals surface area contributed by atoms with Gasteiger partial charge in [-0.25, -0.2) is 13.6 Å². The number of aryl methyl sites for hydroxylation is 3. The molecule has 0 unspecified atom stereocenters. The van der Waals surface area contributed by atoms with Gasteiger partial charge in [0.2, 0.25) is 10.0 Å². The molecular formula is C18H22N2O3S. The van der Waals surface area contributed by atoms with Crippen molar-refractivity contribution in [2.45, 2.75) is 32.2 Å². The Morgan fingerprint density at radius 1 is 1.04 bits per heavy atom. The Kier molecular flexibility index (Phi) is 5.11. The lowest BCUT2D eigenvalue weighted by Gasteiger charge is -2.20. The van der Waals surface area contributed by atoms with Crippen molar-refractivity contribution >= 4 is 15.9 Å². The molecule has 0 saturated heterocycles. The molecule has 2 aromatic rings. The van der Waals surface area contributed by atoms with Crippen molar-refractivity contribution in [3.63, 3.8) is 0 Å². The standard InChI is InChI=1S/C18H22N2O3S/c1-12-7-5-6-8-15(12)11-20(4)18(21)16-10-17(24(19,22)23)14(3)9-13(16)2/h5-10H,11H2,1-4H3,(H2,19,22,23). The minimum absolute atomic E-state index is 0.0132. The topological polar surface area (TPSA) is 80.5 Å². The molecule has 6 heteroatoms. The summed E-state index contributed by atoms with van der Waals surface area (Å²) in [5.41, 5.74) is 3.75. The fraction of sp³-hybridized carbons (Fsp3) is 0.278. The molecule has 0 fully saturated rings. The van der Waals surface area contributed by atoms with E-state index in [1.54, 1.807) is 31.9 Å². The van der Waals surface area contributed by atoms with Crippen molar-refractivity contribution in [1.29, 1.82) is 0 Å². The molecule has 0 radical (unpaired) electrons. The number of primary sulfonamides is 1. The van der Waals surface area contributed by atoms with E-state index in [9.17, 15) is 13.2 Å². The van der Waals surface area contributed by atoms with Crippen molar-refractivity contribution in [2.24, 2.45) is 5.14 Å². The van der Waals surface area contributed by atoms with E-state index in [0.717, 1.165) is 16.7 Å². The number of amides is 1. The summed E-state index contributed by atoms with van der Waals surface area (Å²) < 4.78 is 23.4. The van der Waals surface area contributed by atoms with Gasteiger partial charge in [0.1, 0.15) is 0 Å².